The number of hydrogen-bond acceptors (Lipinski definition) is 2. The summed E-state index contributed by atoms with van der Waals surface area (Å²) in [6, 6.07) is 0.608. The Morgan fingerprint density at radius 2 is 1.72 bits per heavy atom. The molecule has 0 aliphatic carbocycles. The van der Waals surface area contributed by atoms with Gasteiger partial charge in [0.05, 0.1) is 6.61 Å². The van der Waals surface area contributed by atoms with E-state index in [1.807, 2.05) is 0 Å². The van der Waals surface area contributed by atoms with Gasteiger partial charge in [0.1, 0.15) is 0 Å². The van der Waals surface area contributed by atoms with Gasteiger partial charge in [0.2, 0.25) is 0 Å². The largest absolute Gasteiger partial charge is 0.380 e. The second kappa shape index (κ2) is 12.0. The van der Waals surface area contributed by atoms with Gasteiger partial charge in [0.15, 0.2) is 0 Å². The van der Waals surface area contributed by atoms with Crippen molar-refractivity contribution in [1.82, 2.24) is 4.90 Å². The number of likely N-dealkylation sites (N-methyl/N-ethyl adjacent to an activating group) is 1. The molecule has 0 aromatic carbocycles. The Hall–Kier alpha value is -0.0800. The van der Waals surface area contributed by atoms with E-state index >= 15 is 0 Å². The van der Waals surface area contributed by atoms with Crippen molar-refractivity contribution in [2.24, 2.45) is 5.92 Å². The highest BCUT2D eigenvalue weighted by Crippen LogP contribution is 2.14. The Morgan fingerprint density at radius 1 is 1.00 bits per heavy atom. The SMILES string of the molecule is CCCCCCN(CC)[C@@H](COCC)CC(C)C. The summed E-state index contributed by atoms with van der Waals surface area (Å²) in [6.45, 7) is 15.4. The molecule has 2 nitrogen and oxygen atoms in total. The van der Waals surface area contributed by atoms with Crippen LogP contribution in [-0.2, 0) is 4.74 Å². The van der Waals surface area contributed by atoms with Gasteiger partial charge in [0, 0.05) is 12.6 Å². The molecule has 0 radical (unpaired) electrons. The molecule has 0 aliphatic heterocycles. The number of nitrogens with zero attached hydrogens (tertiary/aromatic N) is 1. The zero-order valence-electron chi connectivity index (χ0n) is 13.4. The van der Waals surface area contributed by atoms with Gasteiger partial charge < -0.3 is 4.74 Å². The second-order valence-electron chi connectivity index (χ2n) is 5.63. The van der Waals surface area contributed by atoms with Crippen molar-refractivity contribution in [1.29, 1.82) is 0 Å². The van der Waals surface area contributed by atoms with Crippen molar-refractivity contribution < 1.29 is 4.74 Å². The van der Waals surface area contributed by atoms with Crippen molar-refractivity contribution in [3.05, 3.63) is 0 Å². The van der Waals surface area contributed by atoms with Gasteiger partial charge in [0.25, 0.3) is 0 Å². The number of hydrogen-bond donors (Lipinski definition) is 0. The third-order valence-electron chi connectivity index (χ3n) is 3.48. The fourth-order valence-corrected chi connectivity index (χ4v) is 2.46. The maximum Gasteiger partial charge on any atom is 0.0621 e. The Bertz CT molecular complexity index is 170. The number of rotatable bonds is 12. The lowest BCUT2D eigenvalue weighted by atomic mass is 10.0. The quantitative estimate of drug-likeness (QED) is 0.482. The zero-order valence-corrected chi connectivity index (χ0v) is 13.4. The van der Waals surface area contributed by atoms with E-state index in [1.54, 1.807) is 0 Å². The van der Waals surface area contributed by atoms with Crippen LogP contribution in [0, 0.1) is 5.92 Å². The van der Waals surface area contributed by atoms with E-state index in [4.69, 9.17) is 4.74 Å². The summed E-state index contributed by atoms with van der Waals surface area (Å²) in [6.07, 6.45) is 6.65. The summed E-state index contributed by atoms with van der Waals surface area (Å²) in [4.78, 5) is 2.62. The van der Waals surface area contributed by atoms with E-state index in [0.717, 1.165) is 25.7 Å². The molecule has 0 rings (SSSR count). The first-order chi connectivity index (χ1) is 8.65. The minimum atomic E-state index is 0.608. The van der Waals surface area contributed by atoms with Crippen LogP contribution in [-0.4, -0.2) is 37.2 Å². The molecule has 0 heterocycles. The van der Waals surface area contributed by atoms with E-state index in [-0.39, 0.29) is 0 Å². The molecule has 0 aromatic heterocycles. The lowest BCUT2D eigenvalue weighted by Crippen LogP contribution is -2.40. The molecule has 0 unspecified atom stereocenters. The van der Waals surface area contributed by atoms with Crippen molar-refractivity contribution >= 4 is 0 Å². The molecular formula is C16H35NO. The molecule has 0 spiro atoms. The average molecular weight is 257 g/mol. The zero-order chi connectivity index (χ0) is 13.8. The molecule has 2 heteroatoms. The van der Waals surface area contributed by atoms with Gasteiger partial charge in [-0.05, 0) is 38.8 Å². The molecule has 0 amide bonds. The first-order valence-electron chi connectivity index (χ1n) is 7.97. The van der Waals surface area contributed by atoms with Crippen LogP contribution in [0.2, 0.25) is 0 Å². The topological polar surface area (TPSA) is 12.5 Å². The van der Waals surface area contributed by atoms with Crippen molar-refractivity contribution in [3.8, 4) is 0 Å². The lowest BCUT2D eigenvalue weighted by molar-refractivity contribution is 0.0571. The predicted molar refractivity (Wildman–Crippen MR) is 81.1 cm³/mol. The van der Waals surface area contributed by atoms with Gasteiger partial charge in [-0.1, -0.05) is 47.0 Å². The number of ether oxygens (including phenoxy) is 1. The van der Waals surface area contributed by atoms with E-state index in [2.05, 4.69) is 39.5 Å². The van der Waals surface area contributed by atoms with Crippen molar-refractivity contribution in [3.63, 3.8) is 0 Å². The molecular weight excluding hydrogens is 222 g/mol. The van der Waals surface area contributed by atoms with Crippen molar-refractivity contribution in [2.75, 3.05) is 26.3 Å². The summed E-state index contributed by atoms with van der Waals surface area (Å²) in [5.74, 6) is 0.750. The molecule has 0 aromatic rings. The van der Waals surface area contributed by atoms with E-state index in [0.29, 0.717) is 6.04 Å². The van der Waals surface area contributed by atoms with Crippen LogP contribution < -0.4 is 0 Å². The fourth-order valence-electron chi connectivity index (χ4n) is 2.46. The smallest absolute Gasteiger partial charge is 0.0621 e. The molecule has 0 aliphatic rings. The first kappa shape index (κ1) is 17.9. The Morgan fingerprint density at radius 3 is 2.22 bits per heavy atom. The minimum absolute atomic E-state index is 0.608. The first-order valence-corrected chi connectivity index (χ1v) is 7.97. The molecule has 0 fully saturated rings. The summed E-state index contributed by atoms with van der Waals surface area (Å²) in [5, 5.41) is 0. The van der Waals surface area contributed by atoms with Crippen LogP contribution in [0.4, 0.5) is 0 Å². The van der Waals surface area contributed by atoms with Crippen LogP contribution in [0.3, 0.4) is 0 Å². The molecule has 0 N–H and O–H groups in total. The third kappa shape index (κ3) is 8.93. The highest BCUT2D eigenvalue weighted by molar-refractivity contribution is 4.72. The van der Waals surface area contributed by atoms with E-state index in [1.165, 1.54) is 38.6 Å². The van der Waals surface area contributed by atoms with Crippen LogP contribution in [0.15, 0.2) is 0 Å². The summed E-state index contributed by atoms with van der Waals surface area (Å²) in [7, 11) is 0. The molecule has 110 valence electrons. The van der Waals surface area contributed by atoms with E-state index < -0.39 is 0 Å². The summed E-state index contributed by atoms with van der Waals surface area (Å²) < 4.78 is 5.67. The van der Waals surface area contributed by atoms with Crippen LogP contribution in [0.1, 0.15) is 66.7 Å². The monoisotopic (exact) mass is 257 g/mol. The molecule has 0 bridgehead atoms. The number of unbranched alkanes of at least 4 members (excludes halogenated alkanes) is 3. The fraction of sp³-hybridized carbons (Fsp3) is 1.00. The maximum absolute atomic E-state index is 5.67. The highest BCUT2D eigenvalue weighted by Gasteiger charge is 2.18. The Labute approximate surface area is 115 Å². The van der Waals surface area contributed by atoms with Gasteiger partial charge in [-0.3, -0.25) is 4.90 Å². The van der Waals surface area contributed by atoms with Crippen molar-refractivity contribution in [2.45, 2.75) is 72.8 Å². The highest BCUT2D eigenvalue weighted by atomic mass is 16.5. The maximum atomic E-state index is 5.67. The average Bonchev–Trinajstić information content (AvgIpc) is 2.34. The van der Waals surface area contributed by atoms with Crippen LogP contribution >= 0.6 is 0 Å². The van der Waals surface area contributed by atoms with Gasteiger partial charge >= 0.3 is 0 Å². The normalized spacial score (nSPS) is 13.5. The molecule has 0 saturated carbocycles. The van der Waals surface area contributed by atoms with Gasteiger partial charge in [-0.15, -0.1) is 0 Å². The van der Waals surface area contributed by atoms with Crippen LogP contribution in [0.25, 0.3) is 0 Å². The molecule has 18 heavy (non-hydrogen) atoms. The predicted octanol–water partition coefficient (Wildman–Crippen LogP) is 4.34. The van der Waals surface area contributed by atoms with Gasteiger partial charge in [-0.2, -0.15) is 0 Å². The minimum Gasteiger partial charge on any atom is -0.380 e. The second-order valence-corrected chi connectivity index (χ2v) is 5.63. The van der Waals surface area contributed by atoms with Gasteiger partial charge in [-0.25, -0.2) is 0 Å². The summed E-state index contributed by atoms with van der Waals surface area (Å²) >= 11 is 0. The third-order valence-corrected chi connectivity index (χ3v) is 3.48. The summed E-state index contributed by atoms with van der Waals surface area (Å²) in [5.41, 5.74) is 0. The standard InChI is InChI=1S/C16H35NO/c1-6-9-10-11-12-17(7-2)16(13-15(4)5)14-18-8-3/h15-16H,6-14H2,1-5H3/t16-/m1/s1. The lowest BCUT2D eigenvalue weighted by Gasteiger charge is -2.31. The molecule has 1 atom stereocenters. The van der Waals surface area contributed by atoms with E-state index in [9.17, 15) is 0 Å². The Kier molecular flexibility index (Phi) is 11.9. The molecule has 0 saturated heterocycles. The Balaban J connectivity index is 4.12. The van der Waals surface area contributed by atoms with Crippen LogP contribution in [0.5, 0.6) is 0 Å².